The van der Waals surface area contributed by atoms with Crippen molar-refractivity contribution in [2.75, 3.05) is 13.1 Å². The fourth-order valence-corrected chi connectivity index (χ4v) is 2.32. The molecule has 0 saturated carbocycles. The van der Waals surface area contributed by atoms with Gasteiger partial charge in [0, 0.05) is 26.1 Å². The van der Waals surface area contributed by atoms with Crippen LogP contribution in [0.25, 0.3) is 0 Å². The summed E-state index contributed by atoms with van der Waals surface area (Å²) >= 11 is 0. The van der Waals surface area contributed by atoms with E-state index in [1.54, 1.807) is 12.1 Å². The smallest absolute Gasteiger partial charge is 0.220 e. The number of nitrogens with zero attached hydrogens (tertiary/aromatic N) is 1. The maximum Gasteiger partial charge on any atom is 0.220 e. The van der Waals surface area contributed by atoms with Crippen LogP contribution < -0.4 is 10.6 Å². The Morgan fingerprint density at radius 1 is 1.37 bits per heavy atom. The first-order valence-electron chi connectivity index (χ1n) is 6.88. The number of hydrogen-bond acceptors (Lipinski definition) is 1. The second-order valence-corrected chi connectivity index (χ2v) is 5.08. The highest BCUT2D eigenvalue weighted by Crippen LogP contribution is 2.16. The molecule has 1 fully saturated rings. The molecule has 0 spiro atoms. The fraction of sp³-hybridized carbons (Fsp3) is 0.533. The molecule has 0 aliphatic carbocycles. The molecule has 1 radical (unpaired) electrons. The Bertz CT molecular complexity index is 399. The van der Waals surface area contributed by atoms with Crippen molar-refractivity contribution >= 4 is 5.91 Å². The minimum Gasteiger partial charge on any atom is -0.352 e. The predicted molar refractivity (Wildman–Crippen MR) is 72.1 cm³/mol. The van der Waals surface area contributed by atoms with Crippen molar-refractivity contribution in [2.24, 2.45) is 5.92 Å². The zero-order chi connectivity index (χ0) is 13.5. The lowest BCUT2D eigenvalue weighted by molar-refractivity contribution is -0.121. The molecular weight excluding hydrogens is 243 g/mol. The topological polar surface area (TPSA) is 43.2 Å². The summed E-state index contributed by atoms with van der Waals surface area (Å²) in [7, 11) is 0. The first-order chi connectivity index (χ1) is 9.24. The summed E-state index contributed by atoms with van der Waals surface area (Å²) in [5.74, 6) is 0.386. The van der Waals surface area contributed by atoms with Crippen LogP contribution in [-0.2, 0) is 11.3 Å². The van der Waals surface area contributed by atoms with Crippen LogP contribution in [0.2, 0.25) is 0 Å². The van der Waals surface area contributed by atoms with Gasteiger partial charge in [-0.2, -0.15) is 0 Å². The molecule has 1 amide bonds. The Hall–Kier alpha value is -1.42. The molecule has 19 heavy (non-hydrogen) atoms. The Balaban J connectivity index is 1.65. The summed E-state index contributed by atoms with van der Waals surface area (Å²) in [6.07, 6.45) is 3.82. The van der Waals surface area contributed by atoms with Crippen molar-refractivity contribution < 1.29 is 9.18 Å². The molecule has 4 heteroatoms. The molecule has 1 heterocycles. The number of rotatable bonds is 5. The second kappa shape index (κ2) is 7.24. The lowest BCUT2D eigenvalue weighted by atomic mass is 9.94. The molecule has 1 unspecified atom stereocenters. The normalized spacial score (nSPS) is 19.1. The van der Waals surface area contributed by atoms with Crippen LogP contribution in [0.3, 0.4) is 0 Å². The fourth-order valence-electron chi connectivity index (χ4n) is 2.32. The molecule has 0 aromatic heterocycles. The molecule has 1 aliphatic heterocycles. The number of amides is 1. The van der Waals surface area contributed by atoms with Crippen molar-refractivity contribution in [2.45, 2.75) is 32.2 Å². The van der Waals surface area contributed by atoms with Crippen LogP contribution in [0.1, 0.15) is 31.2 Å². The van der Waals surface area contributed by atoms with Gasteiger partial charge in [-0.05, 0) is 42.9 Å². The number of piperidine rings is 1. The van der Waals surface area contributed by atoms with E-state index < -0.39 is 0 Å². The summed E-state index contributed by atoms with van der Waals surface area (Å²) in [5, 5.41) is 7.24. The number of hydrogen-bond donors (Lipinski definition) is 1. The van der Waals surface area contributed by atoms with Gasteiger partial charge in [0.15, 0.2) is 0 Å². The Labute approximate surface area is 113 Å². The molecule has 3 nitrogen and oxygen atoms in total. The van der Waals surface area contributed by atoms with E-state index in [2.05, 4.69) is 10.6 Å². The summed E-state index contributed by atoms with van der Waals surface area (Å²) in [6, 6.07) is 6.20. The van der Waals surface area contributed by atoms with Crippen molar-refractivity contribution in [3.05, 3.63) is 35.6 Å². The van der Waals surface area contributed by atoms with E-state index in [1.165, 1.54) is 18.6 Å². The maximum atomic E-state index is 12.7. The molecule has 1 aromatic carbocycles. The van der Waals surface area contributed by atoms with Gasteiger partial charge < -0.3 is 5.32 Å². The molecule has 1 aliphatic rings. The molecule has 0 bridgehead atoms. The van der Waals surface area contributed by atoms with E-state index in [0.29, 0.717) is 18.9 Å². The van der Waals surface area contributed by atoms with Crippen molar-refractivity contribution in [1.82, 2.24) is 10.6 Å². The lowest BCUT2D eigenvalue weighted by Gasteiger charge is -2.20. The highest BCUT2D eigenvalue weighted by Gasteiger charge is 2.14. The minimum atomic E-state index is -0.254. The number of carbonyl (C=O) groups is 1. The van der Waals surface area contributed by atoms with Gasteiger partial charge in [0.25, 0.3) is 0 Å². The summed E-state index contributed by atoms with van der Waals surface area (Å²) in [5.41, 5.74) is 0.919. The molecule has 1 aromatic rings. The van der Waals surface area contributed by atoms with Gasteiger partial charge in [0.05, 0.1) is 0 Å². The van der Waals surface area contributed by atoms with E-state index in [9.17, 15) is 9.18 Å². The molecular formula is C15H20FN2O. The van der Waals surface area contributed by atoms with Crippen LogP contribution in [-0.4, -0.2) is 19.0 Å². The van der Waals surface area contributed by atoms with E-state index in [-0.39, 0.29) is 11.7 Å². The van der Waals surface area contributed by atoms with Crippen LogP contribution in [0.15, 0.2) is 24.3 Å². The number of carbonyl (C=O) groups excluding carboxylic acids is 1. The zero-order valence-corrected chi connectivity index (χ0v) is 11.1. The van der Waals surface area contributed by atoms with Crippen LogP contribution in [0, 0.1) is 11.7 Å². The van der Waals surface area contributed by atoms with E-state index in [1.807, 2.05) is 0 Å². The highest BCUT2D eigenvalue weighted by atomic mass is 19.1. The van der Waals surface area contributed by atoms with E-state index in [4.69, 9.17) is 0 Å². The number of benzene rings is 1. The standard InChI is InChI=1S/C15H20FN2O/c16-14-6-3-13(4-7-14)11-18-15(19)8-5-12-2-1-9-17-10-12/h3-4,6-7,12H,1-2,5,8-11H2,(H,18,19). The first-order valence-corrected chi connectivity index (χ1v) is 6.88. The Kier molecular flexibility index (Phi) is 5.33. The average molecular weight is 263 g/mol. The molecule has 1 atom stereocenters. The molecule has 1 saturated heterocycles. The Morgan fingerprint density at radius 3 is 2.84 bits per heavy atom. The Morgan fingerprint density at radius 2 is 2.16 bits per heavy atom. The van der Waals surface area contributed by atoms with Crippen molar-refractivity contribution in [1.29, 1.82) is 0 Å². The third-order valence-corrected chi connectivity index (χ3v) is 3.50. The molecule has 2 rings (SSSR count). The third-order valence-electron chi connectivity index (χ3n) is 3.50. The largest absolute Gasteiger partial charge is 0.352 e. The van der Waals surface area contributed by atoms with Crippen LogP contribution in [0.5, 0.6) is 0 Å². The number of halogens is 1. The van der Waals surface area contributed by atoms with E-state index >= 15 is 0 Å². The SMILES string of the molecule is O=C(CCC1CCC[N]C1)NCc1ccc(F)cc1. The van der Waals surface area contributed by atoms with Crippen molar-refractivity contribution in [3.8, 4) is 0 Å². The van der Waals surface area contributed by atoms with Crippen LogP contribution >= 0.6 is 0 Å². The number of nitrogens with one attached hydrogen (secondary N) is 1. The lowest BCUT2D eigenvalue weighted by Crippen LogP contribution is -2.27. The van der Waals surface area contributed by atoms with E-state index in [0.717, 1.165) is 31.5 Å². The van der Waals surface area contributed by atoms with Gasteiger partial charge >= 0.3 is 0 Å². The van der Waals surface area contributed by atoms with Gasteiger partial charge in [-0.25, -0.2) is 9.71 Å². The average Bonchev–Trinajstić information content (AvgIpc) is 2.45. The van der Waals surface area contributed by atoms with Gasteiger partial charge in [-0.1, -0.05) is 12.1 Å². The zero-order valence-electron chi connectivity index (χ0n) is 11.1. The minimum absolute atomic E-state index is 0.0647. The van der Waals surface area contributed by atoms with Gasteiger partial charge in [0.2, 0.25) is 5.91 Å². The van der Waals surface area contributed by atoms with Gasteiger partial charge in [0.1, 0.15) is 5.82 Å². The maximum absolute atomic E-state index is 12.7. The van der Waals surface area contributed by atoms with Gasteiger partial charge in [-0.15, -0.1) is 0 Å². The second-order valence-electron chi connectivity index (χ2n) is 5.08. The van der Waals surface area contributed by atoms with Gasteiger partial charge in [-0.3, -0.25) is 4.79 Å². The quantitative estimate of drug-likeness (QED) is 0.870. The predicted octanol–water partition coefficient (Wildman–Crippen LogP) is 2.24. The van der Waals surface area contributed by atoms with Crippen LogP contribution in [0.4, 0.5) is 4.39 Å². The first kappa shape index (κ1) is 14.0. The summed E-state index contributed by atoms with van der Waals surface area (Å²) < 4.78 is 12.7. The third kappa shape index (κ3) is 4.99. The molecule has 1 N–H and O–H groups in total. The highest BCUT2D eigenvalue weighted by molar-refractivity contribution is 5.75. The monoisotopic (exact) mass is 263 g/mol. The molecule has 103 valence electrons. The van der Waals surface area contributed by atoms with Crippen molar-refractivity contribution in [3.63, 3.8) is 0 Å². The summed E-state index contributed by atoms with van der Waals surface area (Å²) in [4.78, 5) is 11.7. The summed E-state index contributed by atoms with van der Waals surface area (Å²) in [6.45, 7) is 2.35.